The van der Waals surface area contributed by atoms with Crippen molar-refractivity contribution in [1.82, 2.24) is 25.0 Å². The first-order valence-corrected chi connectivity index (χ1v) is 9.68. The monoisotopic (exact) mass is 384 g/mol. The lowest BCUT2D eigenvalue weighted by Gasteiger charge is -2.31. The van der Waals surface area contributed by atoms with E-state index >= 15 is 0 Å². The van der Waals surface area contributed by atoms with Crippen LogP contribution in [0.25, 0.3) is 0 Å². The number of benzene rings is 1. The fourth-order valence-electron chi connectivity index (χ4n) is 4.00. The van der Waals surface area contributed by atoms with Crippen molar-refractivity contribution in [2.24, 2.45) is 0 Å². The number of urea groups is 1. The molecule has 9 heteroatoms. The molecule has 3 amide bonds. The zero-order valence-electron chi connectivity index (χ0n) is 15.9. The highest BCUT2D eigenvalue weighted by atomic mass is 16.2. The second-order valence-corrected chi connectivity index (χ2v) is 7.13. The molecule has 1 aromatic heterocycles. The molecule has 2 saturated heterocycles. The van der Waals surface area contributed by atoms with Crippen LogP contribution in [0.1, 0.15) is 41.9 Å². The average molecular weight is 384 g/mol. The largest absolute Gasteiger partial charge is 0.343 e. The highest BCUT2D eigenvalue weighted by molar-refractivity contribution is 5.98. The molecule has 9 nitrogen and oxygen atoms in total. The molecular formula is C19H24N6O3. The molecule has 0 bridgehead atoms. The SMILES string of the molecule is CCn1c(C2CCN(C(=O)c3cccc(N4CCNC4=O)c3)CC2)n[nH]c1=O. The number of carbonyl (C=O) groups excluding carboxylic acids is 2. The molecule has 0 aliphatic carbocycles. The van der Waals surface area contributed by atoms with Gasteiger partial charge in [-0.15, -0.1) is 0 Å². The Bertz CT molecular complexity index is 941. The predicted molar refractivity (Wildman–Crippen MR) is 104 cm³/mol. The summed E-state index contributed by atoms with van der Waals surface area (Å²) in [5, 5.41) is 9.47. The molecule has 0 radical (unpaired) electrons. The number of anilines is 1. The summed E-state index contributed by atoms with van der Waals surface area (Å²) in [6, 6.07) is 7.09. The fourth-order valence-corrected chi connectivity index (χ4v) is 4.00. The van der Waals surface area contributed by atoms with Crippen LogP contribution in [0.5, 0.6) is 0 Å². The Morgan fingerprint density at radius 3 is 2.68 bits per heavy atom. The van der Waals surface area contributed by atoms with Crippen molar-refractivity contribution < 1.29 is 9.59 Å². The van der Waals surface area contributed by atoms with Crippen molar-refractivity contribution in [1.29, 1.82) is 0 Å². The zero-order valence-corrected chi connectivity index (χ0v) is 15.9. The van der Waals surface area contributed by atoms with E-state index in [0.717, 1.165) is 24.4 Å². The van der Waals surface area contributed by atoms with Gasteiger partial charge < -0.3 is 10.2 Å². The van der Waals surface area contributed by atoms with E-state index in [0.29, 0.717) is 38.3 Å². The van der Waals surface area contributed by atoms with Crippen molar-refractivity contribution in [3.05, 3.63) is 46.1 Å². The Balaban J connectivity index is 1.44. The Hall–Kier alpha value is -3.10. The summed E-state index contributed by atoms with van der Waals surface area (Å²) in [5.74, 6) is 0.916. The lowest BCUT2D eigenvalue weighted by Crippen LogP contribution is -2.38. The number of H-pyrrole nitrogens is 1. The van der Waals surface area contributed by atoms with Gasteiger partial charge in [0.05, 0.1) is 0 Å². The first-order valence-electron chi connectivity index (χ1n) is 9.68. The van der Waals surface area contributed by atoms with E-state index in [2.05, 4.69) is 15.5 Å². The Morgan fingerprint density at radius 1 is 1.21 bits per heavy atom. The Morgan fingerprint density at radius 2 is 2.00 bits per heavy atom. The van der Waals surface area contributed by atoms with Crippen LogP contribution in [0.15, 0.2) is 29.1 Å². The van der Waals surface area contributed by atoms with Crippen molar-refractivity contribution in [3.8, 4) is 0 Å². The van der Waals surface area contributed by atoms with Crippen LogP contribution in [0, 0.1) is 0 Å². The molecule has 0 unspecified atom stereocenters. The third kappa shape index (κ3) is 3.28. The van der Waals surface area contributed by atoms with Gasteiger partial charge in [-0.05, 0) is 38.0 Å². The van der Waals surface area contributed by atoms with Crippen molar-refractivity contribution in [2.75, 3.05) is 31.1 Å². The number of hydrogen-bond donors (Lipinski definition) is 2. The van der Waals surface area contributed by atoms with Gasteiger partial charge in [-0.1, -0.05) is 6.07 Å². The molecular weight excluding hydrogens is 360 g/mol. The minimum Gasteiger partial charge on any atom is -0.339 e. The minimum atomic E-state index is -0.182. The maximum Gasteiger partial charge on any atom is 0.343 e. The van der Waals surface area contributed by atoms with Gasteiger partial charge in [0.2, 0.25) is 0 Å². The van der Waals surface area contributed by atoms with Crippen molar-refractivity contribution in [3.63, 3.8) is 0 Å². The van der Waals surface area contributed by atoms with Gasteiger partial charge in [-0.3, -0.25) is 14.3 Å². The maximum absolute atomic E-state index is 12.9. The van der Waals surface area contributed by atoms with E-state index in [1.165, 1.54) is 0 Å². The van der Waals surface area contributed by atoms with Crippen LogP contribution in [0.3, 0.4) is 0 Å². The predicted octanol–water partition coefficient (Wildman–Crippen LogP) is 1.14. The van der Waals surface area contributed by atoms with Crippen LogP contribution in [0.4, 0.5) is 10.5 Å². The van der Waals surface area contributed by atoms with E-state index in [1.807, 2.05) is 24.0 Å². The maximum atomic E-state index is 12.9. The fraction of sp³-hybridized carbons (Fsp3) is 0.474. The van der Waals surface area contributed by atoms with Crippen LogP contribution >= 0.6 is 0 Å². The highest BCUT2D eigenvalue weighted by Crippen LogP contribution is 2.27. The lowest BCUT2D eigenvalue weighted by atomic mass is 9.95. The number of carbonyl (C=O) groups is 2. The van der Waals surface area contributed by atoms with Crippen molar-refractivity contribution >= 4 is 17.6 Å². The van der Waals surface area contributed by atoms with Gasteiger partial charge in [-0.25, -0.2) is 14.7 Å². The summed E-state index contributed by atoms with van der Waals surface area (Å²) >= 11 is 0. The van der Waals surface area contributed by atoms with Gasteiger partial charge in [0, 0.05) is 49.9 Å². The molecule has 4 rings (SSSR count). The molecule has 148 valence electrons. The van der Waals surface area contributed by atoms with Gasteiger partial charge >= 0.3 is 11.7 Å². The number of hydrogen-bond acceptors (Lipinski definition) is 4. The number of nitrogens with one attached hydrogen (secondary N) is 2. The molecule has 0 saturated carbocycles. The van der Waals surface area contributed by atoms with Gasteiger partial charge in [0.25, 0.3) is 5.91 Å². The number of rotatable bonds is 4. The number of amides is 3. The standard InChI is InChI=1S/C19H24N6O3/c1-2-24-16(21-22-19(24)28)13-6-9-23(10-7-13)17(26)14-4-3-5-15(12-14)25-11-8-20-18(25)27/h3-5,12-13H,2,6-11H2,1H3,(H,20,27)(H,22,28). The molecule has 2 aliphatic heterocycles. The van der Waals surface area contributed by atoms with Crippen LogP contribution in [0.2, 0.25) is 0 Å². The molecule has 3 heterocycles. The number of piperidine rings is 1. The third-order valence-electron chi connectivity index (χ3n) is 5.51. The third-order valence-corrected chi connectivity index (χ3v) is 5.51. The second kappa shape index (κ2) is 7.49. The Kier molecular flexibility index (Phi) is 4.89. The first-order chi connectivity index (χ1) is 13.6. The number of aromatic amines is 1. The first kappa shape index (κ1) is 18.3. The second-order valence-electron chi connectivity index (χ2n) is 7.13. The lowest BCUT2D eigenvalue weighted by molar-refractivity contribution is 0.0710. The van der Waals surface area contributed by atoms with Crippen molar-refractivity contribution in [2.45, 2.75) is 32.2 Å². The molecule has 28 heavy (non-hydrogen) atoms. The van der Waals surface area contributed by atoms with Gasteiger partial charge in [-0.2, -0.15) is 5.10 Å². The number of aromatic nitrogens is 3. The van der Waals surface area contributed by atoms with E-state index < -0.39 is 0 Å². The van der Waals surface area contributed by atoms with Crippen LogP contribution in [-0.4, -0.2) is 57.8 Å². The topological polar surface area (TPSA) is 103 Å². The normalized spacial score (nSPS) is 17.8. The average Bonchev–Trinajstić information content (AvgIpc) is 3.32. The van der Waals surface area contributed by atoms with Gasteiger partial charge in [0.1, 0.15) is 5.82 Å². The molecule has 1 aromatic carbocycles. The minimum absolute atomic E-state index is 0.0326. The molecule has 2 N–H and O–H groups in total. The number of nitrogens with zero attached hydrogens (tertiary/aromatic N) is 4. The summed E-state index contributed by atoms with van der Waals surface area (Å²) in [5.41, 5.74) is 1.14. The summed E-state index contributed by atoms with van der Waals surface area (Å²) in [6.07, 6.45) is 1.54. The van der Waals surface area contributed by atoms with E-state index in [1.54, 1.807) is 21.6 Å². The quantitative estimate of drug-likeness (QED) is 0.825. The van der Waals surface area contributed by atoms with Crippen LogP contribution in [-0.2, 0) is 6.54 Å². The zero-order chi connectivity index (χ0) is 19.7. The summed E-state index contributed by atoms with van der Waals surface area (Å²) < 4.78 is 1.66. The van der Waals surface area contributed by atoms with Gasteiger partial charge in [0.15, 0.2) is 0 Å². The molecule has 2 aliphatic rings. The Labute approximate surface area is 162 Å². The smallest absolute Gasteiger partial charge is 0.339 e. The molecule has 2 aromatic rings. The molecule has 0 atom stereocenters. The van der Waals surface area contributed by atoms with E-state index in [-0.39, 0.29) is 23.5 Å². The summed E-state index contributed by atoms with van der Waals surface area (Å²) in [6.45, 7) is 4.95. The molecule has 0 spiro atoms. The van der Waals surface area contributed by atoms with E-state index in [4.69, 9.17) is 0 Å². The molecule has 2 fully saturated rings. The summed E-state index contributed by atoms with van der Waals surface area (Å²) in [4.78, 5) is 40.1. The van der Waals surface area contributed by atoms with Crippen LogP contribution < -0.4 is 15.9 Å². The highest BCUT2D eigenvalue weighted by Gasteiger charge is 2.28. The number of likely N-dealkylation sites (tertiary alicyclic amines) is 1. The summed E-state index contributed by atoms with van der Waals surface area (Å²) in [7, 11) is 0. The van der Waals surface area contributed by atoms with E-state index in [9.17, 15) is 14.4 Å².